The number of hydrogen-bond donors (Lipinski definition) is 2. The van der Waals surface area contributed by atoms with E-state index in [9.17, 15) is 4.79 Å². The van der Waals surface area contributed by atoms with E-state index in [1.54, 1.807) is 7.05 Å². The Labute approximate surface area is 107 Å². The van der Waals surface area contributed by atoms with Crippen LogP contribution in [-0.2, 0) is 6.54 Å². The Balaban J connectivity index is 2.18. The Morgan fingerprint density at radius 3 is 3.11 bits per heavy atom. The minimum atomic E-state index is 0.0266. The van der Waals surface area contributed by atoms with Gasteiger partial charge in [-0.15, -0.1) is 0 Å². The van der Waals surface area contributed by atoms with Gasteiger partial charge in [0.2, 0.25) is 0 Å². The lowest BCUT2D eigenvalue weighted by Crippen LogP contribution is -2.27. The summed E-state index contributed by atoms with van der Waals surface area (Å²) in [6.07, 6.45) is 0. The maximum atomic E-state index is 12.0. The van der Waals surface area contributed by atoms with Gasteiger partial charge in [0.05, 0.1) is 0 Å². The van der Waals surface area contributed by atoms with Crippen LogP contribution in [0.2, 0.25) is 0 Å². The van der Waals surface area contributed by atoms with Crippen molar-refractivity contribution >= 4 is 11.6 Å². The highest BCUT2D eigenvalue weighted by Gasteiger charge is 2.32. The molecule has 18 heavy (non-hydrogen) atoms. The molecule has 0 saturated heterocycles. The fraction of sp³-hybridized carbons (Fsp3) is 0.500. The molecule has 1 unspecified atom stereocenters. The summed E-state index contributed by atoms with van der Waals surface area (Å²) in [6.45, 7) is 6.18. The molecule has 2 N–H and O–H groups in total. The number of anilines is 1. The minimum absolute atomic E-state index is 0.0266. The van der Waals surface area contributed by atoms with Gasteiger partial charge >= 0.3 is 0 Å². The number of carbonyl (C=O) groups excluding carboxylic acids is 1. The lowest BCUT2D eigenvalue weighted by molar-refractivity contribution is 0.0962. The first-order chi connectivity index (χ1) is 8.72. The molecule has 1 atom stereocenters. The van der Waals surface area contributed by atoms with Gasteiger partial charge in [0, 0.05) is 50.4 Å². The summed E-state index contributed by atoms with van der Waals surface area (Å²) < 4.78 is 0. The van der Waals surface area contributed by atoms with E-state index in [2.05, 4.69) is 28.5 Å². The molecule has 4 nitrogen and oxygen atoms in total. The van der Waals surface area contributed by atoms with Gasteiger partial charge in [-0.3, -0.25) is 4.79 Å². The molecule has 1 amide bonds. The molecule has 0 aliphatic carbocycles. The monoisotopic (exact) mass is 245 g/mol. The first-order valence-corrected chi connectivity index (χ1v) is 6.56. The number of benzene rings is 1. The average molecular weight is 245 g/mol. The molecule has 2 aliphatic rings. The molecule has 0 aromatic heterocycles. The normalized spacial score (nSPS) is 21.4. The molecule has 3 rings (SSSR count). The third-order valence-electron chi connectivity index (χ3n) is 3.95. The van der Waals surface area contributed by atoms with Gasteiger partial charge in [-0.1, -0.05) is 13.0 Å². The van der Waals surface area contributed by atoms with Gasteiger partial charge in [-0.25, -0.2) is 0 Å². The van der Waals surface area contributed by atoms with Gasteiger partial charge in [-0.2, -0.15) is 0 Å². The summed E-state index contributed by atoms with van der Waals surface area (Å²) in [5.74, 6) is 0.462. The highest BCUT2D eigenvalue weighted by Crippen LogP contribution is 2.41. The minimum Gasteiger partial charge on any atom is -0.369 e. The van der Waals surface area contributed by atoms with Crippen LogP contribution in [0.25, 0.3) is 0 Å². The van der Waals surface area contributed by atoms with Crippen molar-refractivity contribution in [3.05, 3.63) is 28.8 Å². The Bertz CT molecular complexity index is 498. The molecule has 0 saturated carbocycles. The van der Waals surface area contributed by atoms with Crippen LogP contribution in [0.1, 0.15) is 34.3 Å². The lowest BCUT2D eigenvalue weighted by atomic mass is 9.94. The van der Waals surface area contributed by atoms with E-state index in [0.29, 0.717) is 5.92 Å². The van der Waals surface area contributed by atoms with Crippen LogP contribution in [0.15, 0.2) is 12.1 Å². The van der Waals surface area contributed by atoms with Gasteiger partial charge in [0.15, 0.2) is 0 Å². The van der Waals surface area contributed by atoms with E-state index in [1.165, 1.54) is 16.8 Å². The first kappa shape index (κ1) is 11.5. The van der Waals surface area contributed by atoms with Gasteiger partial charge in [-0.05, 0) is 17.2 Å². The molecular formula is C14H19N3O. The summed E-state index contributed by atoms with van der Waals surface area (Å²) in [5.41, 5.74) is 4.69. The second-order valence-corrected chi connectivity index (χ2v) is 5.14. The number of nitrogens with one attached hydrogen (secondary N) is 2. The molecule has 1 aromatic rings. The van der Waals surface area contributed by atoms with Crippen LogP contribution in [-0.4, -0.2) is 32.6 Å². The summed E-state index contributed by atoms with van der Waals surface area (Å²) in [4.78, 5) is 14.4. The van der Waals surface area contributed by atoms with Gasteiger partial charge < -0.3 is 15.5 Å². The maximum absolute atomic E-state index is 12.0. The highest BCUT2D eigenvalue weighted by molar-refractivity contribution is 5.98. The SMILES string of the molecule is CNC(=O)c1ccc2c3c1C(C)CN3CCNC2. The lowest BCUT2D eigenvalue weighted by Gasteiger charge is -2.19. The molecular weight excluding hydrogens is 226 g/mol. The van der Waals surface area contributed by atoms with E-state index in [4.69, 9.17) is 0 Å². The molecule has 2 aliphatic heterocycles. The molecule has 1 aromatic carbocycles. The van der Waals surface area contributed by atoms with Crippen LogP contribution < -0.4 is 15.5 Å². The number of carbonyl (C=O) groups is 1. The van der Waals surface area contributed by atoms with Crippen molar-refractivity contribution in [2.75, 3.05) is 31.6 Å². The Hall–Kier alpha value is -1.55. The number of amides is 1. The number of nitrogens with zero attached hydrogens (tertiary/aromatic N) is 1. The van der Waals surface area contributed by atoms with Crippen molar-refractivity contribution in [3.63, 3.8) is 0 Å². The summed E-state index contributed by atoms with van der Waals surface area (Å²) >= 11 is 0. The van der Waals surface area contributed by atoms with Crippen LogP contribution in [0, 0.1) is 0 Å². The van der Waals surface area contributed by atoms with E-state index >= 15 is 0 Å². The molecule has 0 radical (unpaired) electrons. The second-order valence-electron chi connectivity index (χ2n) is 5.14. The Morgan fingerprint density at radius 2 is 2.33 bits per heavy atom. The van der Waals surface area contributed by atoms with E-state index < -0.39 is 0 Å². The second kappa shape index (κ2) is 4.28. The van der Waals surface area contributed by atoms with Crippen molar-refractivity contribution in [1.29, 1.82) is 0 Å². The summed E-state index contributed by atoms with van der Waals surface area (Å²) in [5, 5.41) is 6.17. The fourth-order valence-corrected chi connectivity index (χ4v) is 3.15. The zero-order valence-electron chi connectivity index (χ0n) is 10.9. The molecule has 96 valence electrons. The van der Waals surface area contributed by atoms with Crippen molar-refractivity contribution in [2.24, 2.45) is 0 Å². The van der Waals surface area contributed by atoms with Crippen LogP contribution >= 0.6 is 0 Å². The fourth-order valence-electron chi connectivity index (χ4n) is 3.15. The zero-order valence-corrected chi connectivity index (χ0v) is 10.9. The van der Waals surface area contributed by atoms with E-state index in [1.807, 2.05) is 6.07 Å². The molecule has 2 heterocycles. The number of rotatable bonds is 1. The summed E-state index contributed by atoms with van der Waals surface area (Å²) in [6, 6.07) is 4.06. The molecule has 0 spiro atoms. The van der Waals surface area contributed by atoms with Gasteiger partial charge in [0.25, 0.3) is 5.91 Å². The molecule has 0 fully saturated rings. The predicted molar refractivity (Wildman–Crippen MR) is 72.2 cm³/mol. The Morgan fingerprint density at radius 1 is 1.50 bits per heavy atom. The zero-order chi connectivity index (χ0) is 12.7. The van der Waals surface area contributed by atoms with Gasteiger partial charge in [0.1, 0.15) is 0 Å². The largest absolute Gasteiger partial charge is 0.369 e. The average Bonchev–Trinajstić information content (AvgIpc) is 2.59. The molecule has 0 bridgehead atoms. The smallest absolute Gasteiger partial charge is 0.251 e. The number of hydrogen-bond acceptors (Lipinski definition) is 3. The topological polar surface area (TPSA) is 44.4 Å². The third kappa shape index (κ3) is 1.60. The Kier molecular flexibility index (Phi) is 2.74. The van der Waals surface area contributed by atoms with Crippen molar-refractivity contribution in [3.8, 4) is 0 Å². The quantitative estimate of drug-likeness (QED) is 0.778. The third-order valence-corrected chi connectivity index (χ3v) is 3.95. The van der Waals surface area contributed by atoms with E-state index in [0.717, 1.165) is 31.7 Å². The van der Waals surface area contributed by atoms with E-state index in [-0.39, 0.29) is 5.91 Å². The van der Waals surface area contributed by atoms with Crippen LogP contribution in [0.5, 0.6) is 0 Å². The molecule has 4 heteroatoms. The highest BCUT2D eigenvalue weighted by atomic mass is 16.1. The first-order valence-electron chi connectivity index (χ1n) is 6.56. The van der Waals surface area contributed by atoms with Crippen LogP contribution in [0.3, 0.4) is 0 Å². The van der Waals surface area contributed by atoms with Crippen molar-refractivity contribution in [2.45, 2.75) is 19.4 Å². The van der Waals surface area contributed by atoms with Crippen molar-refractivity contribution < 1.29 is 4.79 Å². The predicted octanol–water partition coefficient (Wildman–Crippen LogP) is 1.07. The van der Waals surface area contributed by atoms with Crippen molar-refractivity contribution in [1.82, 2.24) is 10.6 Å². The standard InChI is InChI=1S/C14H19N3O/c1-9-8-17-6-5-16-7-10-3-4-11(14(18)15-2)12(9)13(10)17/h3-4,9,16H,5-8H2,1-2H3,(H,15,18). The maximum Gasteiger partial charge on any atom is 0.251 e. The van der Waals surface area contributed by atoms with Crippen LogP contribution in [0.4, 0.5) is 5.69 Å². The summed E-state index contributed by atoms with van der Waals surface area (Å²) in [7, 11) is 1.69.